The number of halogens is 3. The number of nitrogens with zero attached hydrogens (tertiary/aromatic N) is 3. The summed E-state index contributed by atoms with van der Waals surface area (Å²) in [5, 5.41) is 0. The van der Waals surface area contributed by atoms with Crippen LogP contribution in [0.4, 0.5) is 13.2 Å². The number of carbonyl (C=O) groups is 1. The summed E-state index contributed by atoms with van der Waals surface area (Å²) in [6.45, 7) is 0.399. The average molecular weight is 471 g/mol. The minimum atomic E-state index is -1.06. The van der Waals surface area contributed by atoms with Gasteiger partial charge in [-0.05, 0) is 25.3 Å². The Hall–Kier alpha value is -3.46. The second kappa shape index (κ2) is 9.80. The van der Waals surface area contributed by atoms with Crippen LogP contribution in [-0.2, 0) is 4.74 Å². The van der Waals surface area contributed by atoms with Crippen molar-refractivity contribution < 1.29 is 27.4 Å². The topological polar surface area (TPSA) is 64.5 Å². The van der Waals surface area contributed by atoms with Crippen LogP contribution < -0.4 is 4.74 Å². The molecule has 1 aliphatic rings. The Bertz CT molecular complexity index is 1190. The van der Waals surface area contributed by atoms with Crippen LogP contribution in [0.3, 0.4) is 0 Å². The quantitative estimate of drug-likeness (QED) is 0.513. The van der Waals surface area contributed by atoms with Gasteiger partial charge in [-0.25, -0.2) is 18.2 Å². The van der Waals surface area contributed by atoms with Gasteiger partial charge in [-0.3, -0.25) is 9.78 Å². The van der Waals surface area contributed by atoms with E-state index in [2.05, 4.69) is 9.97 Å². The molecule has 1 saturated heterocycles. The third kappa shape index (κ3) is 4.35. The van der Waals surface area contributed by atoms with Crippen molar-refractivity contribution in [2.45, 2.75) is 25.4 Å². The van der Waals surface area contributed by atoms with Crippen LogP contribution in [0, 0.1) is 17.5 Å². The SMILES string of the molecule is COc1cc(F)c(-c2nc(C(=O)N(C)C)c(-c3cccnc3)c(C3CCCCO3)c2F)c(F)c1. The lowest BCUT2D eigenvalue weighted by Gasteiger charge is -2.28. The molecule has 0 radical (unpaired) electrons. The Labute approximate surface area is 195 Å². The van der Waals surface area contributed by atoms with E-state index in [4.69, 9.17) is 9.47 Å². The number of aromatic nitrogens is 2. The van der Waals surface area contributed by atoms with Gasteiger partial charge in [0.2, 0.25) is 0 Å². The van der Waals surface area contributed by atoms with E-state index in [1.54, 1.807) is 18.3 Å². The molecule has 0 saturated carbocycles. The summed E-state index contributed by atoms with van der Waals surface area (Å²) < 4.78 is 57.0. The summed E-state index contributed by atoms with van der Waals surface area (Å²) in [6, 6.07) is 5.22. The van der Waals surface area contributed by atoms with Gasteiger partial charge in [0.25, 0.3) is 5.91 Å². The number of hydrogen-bond acceptors (Lipinski definition) is 5. The fraction of sp³-hybridized carbons (Fsp3) is 0.320. The third-order valence-corrected chi connectivity index (χ3v) is 5.72. The Morgan fingerprint density at radius 1 is 1.15 bits per heavy atom. The van der Waals surface area contributed by atoms with Crippen LogP contribution in [0.2, 0.25) is 0 Å². The van der Waals surface area contributed by atoms with Crippen molar-refractivity contribution in [3.05, 3.63) is 65.4 Å². The lowest BCUT2D eigenvalue weighted by Crippen LogP contribution is -2.26. The van der Waals surface area contributed by atoms with Crippen LogP contribution in [0.15, 0.2) is 36.7 Å². The molecule has 178 valence electrons. The Balaban J connectivity index is 2.09. The van der Waals surface area contributed by atoms with E-state index in [0.29, 0.717) is 18.6 Å². The highest BCUT2D eigenvalue weighted by Crippen LogP contribution is 2.42. The third-order valence-electron chi connectivity index (χ3n) is 5.72. The summed E-state index contributed by atoms with van der Waals surface area (Å²) in [7, 11) is 4.30. The second-order valence-corrected chi connectivity index (χ2v) is 8.17. The zero-order valence-electron chi connectivity index (χ0n) is 19.1. The molecule has 0 N–H and O–H groups in total. The number of benzene rings is 1. The molecule has 1 amide bonds. The van der Waals surface area contributed by atoms with Crippen LogP contribution in [0.25, 0.3) is 22.4 Å². The summed E-state index contributed by atoms with van der Waals surface area (Å²) in [5.74, 6) is -3.67. The van der Waals surface area contributed by atoms with Crippen LogP contribution in [-0.4, -0.2) is 48.6 Å². The van der Waals surface area contributed by atoms with Crippen LogP contribution in [0.5, 0.6) is 5.75 Å². The molecule has 1 aromatic carbocycles. The monoisotopic (exact) mass is 471 g/mol. The Morgan fingerprint density at radius 3 is 2.44 bits per heavy atom. The van der Waals surface area contributed by atoms with E-state index in [9.17, 15) is 13.6 Å². The molecule has 4 rings (SSSR count). The molecule has 1 fully saturated rings. The number of ether oxygens (including phenoxy) is 2. The van der Waals surface area contributed by atoms with E-state index in [0.717, 1.165) is 25.0 Å². The molecule has 1 unspecified atom stereocenters. The molecule has 6 nitrogen and oxygen atoms in total. The number of hydrogen-bond donors (Lipinski definition) is 0. The van der Waals surface area contributed by atoms with Gasteiger partial charge in [0.05, 0.1) is 18.8 Å². The van der Waals surface area contributed by atoms with Crippen molar-refractivity contribution in [1.29, 1.82) is 0 Å². The van der Waals surface area contributed by atoms with E-state index in [1.807, 2.05) is 0 Å². The lowest BCUT2D eigenvalue weighted by atomic mass is 9.89. The predicted molar refractivity (Wildman–Crippen MR) is 120 cm³/mol. The van der Waals surface area contributed by atoms with E-state index in [1.165, 1.54) is 32.3 Å². The van der Waals surface area contributed by atoms with Gasteiger partial charge in [-0.2, -0.15) is 0 Å². The van der Waals surface area contributed by atoms with Gasteiger partial charge in [0.1, 0.15) is 28.8 Å². The summed E-state index contributed by atoms with van der Waals surface area (Å²) >= 11 is 0. The van der Waals surface area contributed by atoms with Crippen LogP contribution >= 0.6 is 0 Å². The van der Waals surface area contributed by atoms with E-state index >= 15 is 4.39 Å². The highest BCUT2D eigenvalue weighted by molar-refractivity contribution is 6.00. The molecule has 9 heteroatoms. The maximum Gasteiger partial charge on any atom is 0.272 e. The molecule has 1 atom stereocenters. The maximum atomic E-state index is 16.2. The normalized spacial score (nSPS) is 15.8. The first-order valence-corrected chi connectivity index (χ1v) is 10.8. The van der Waals surface area contributed by atoms with Crippen molar-refractivity contribution in [1.82, 2.24) is 14.9 Å². The minimum absolute atomic E-state index is 0.0394. The molecule has 34 heavy (non-hydrogen) atoms. The fourth-order valence-electron chi connectivity index (χ4n) is 4.08. The lowest BCUT2D eigenvalue weighted by molar-refractivity contribution is 0.0131. The number of rotatable bonds is 5. The highest BCUT2D eigenvalue weighted by atomic mass is 19.1. The Kier molecular flexibility index (Phi) is 6.83. The van der Waals surface area contributed by atoms with Gasteiger partial charge in [0, 0.05) is 61.9 Å². The smallest absolute Gasteiger partial charge is 0.272 e. The Morgan fingerprint density at radius 2 is 1.88 bits per heavy atom. The van der Waals surface area contributed by atoms with Crippen molar-refractivity contribution in [2.24, 2.45) is 0 Å². The zero-order valence-corrected chi connectivity index (χ0v) is 19.1. The fourth-order valence-corrected chi connectivity index (χ4v) is 4.08. The molecule has 0 aliphatic carbocycles. The summed E-state index contributed by atoms with van der Waals surface area (Å²) in [5.41, 5.74) is -0.731. The van der Waals surface area contributed by atoms with Crippen molar-refractivity contribution >= 4 is 5.91 Å². The van der Waals surface area contributed by atoms with E-state index in [-0.39, 0.29) is 22.6 Å². The van der Waals surface area contributed by atoms with Gasteiger partial charge in [0.15, 0.2) is 5.82 Å². The second-order valence-electron chi connectivity index (χ2n) is 8.17. The predicted octanol–water partition coefficient (Wildman–Crippen LogP) is 5.18. The van der Waals surface area contributed by atoms with Crippen molar-refractivity contribution in [3.8, 4) is 28.1 Å². The number of amides is 1. The largest absolute Gasteiger partial charge is 0.497 e. The molecular formula is C25H24F3N3O3. The van der Waals surface area contributed by atoms with E-state index < -0.39 is 40.7 Å². The molecule has 3 heterocycles. The minimum Gasteiger partial charge on any atom is -0.497 e. The first kappa shape index (κ1) is 23.7. The number of methoxy groups -OCH3 is 1. The molecular weight excluding hydrogens is 447 g/mol. The number of pyridine rings is 2. The standard InChI is InChI=1S/C25H24F3N3O3/c1-31(2)25(32)24-19(14-7-6-9-29-13-14)21(18-8-4-5-10-34-18)22(28)23(30-24)20-16(26)11-15(33-3)12-17(20)27/h6-7,9,11-13,18H,4-5,8,10H2,1-3H3. The van der Waals surface area contributed by atoms with Crippen molar-refractivity contribution in [2.75, 3.05) is 27.8 Å². The van der Waals surface area contributed by atoms with Crippen LogP contribution in [0.1, 0.15) is 41.4 Å². The average Bonchev–Trinajstić information content (AvgIpc) is 2.84. The maximum absolute atomic E-state index is 16.2. The van der Waals surface area contributed by atoms with Crippen molar-refractivity contribution in [3.63, 3.8) is 0 Å². The van der Waals surface area contributed by atoms with Gasteiger partial charge >= 0.3 is 0 Å². The molecule has 1 aliphatic heterocycles. The zero-order chi connectivity index (χ0) is 24.4. The van der Waals surface area contributed by atoms with Gasteiger partial charge < -0.3 is 14.4 Å². The molecule has 0 spiro atoms. The summed E-state index contributed by atoms with van der Waals surface area (Å²) in [4.78, 5) is 22.8. The van der Waals surface area contributed by atoms with Gasteiger partial charge in [-0.15, -0.1) is 0 Å². The van der Waals surface area contributed by atoms with Gasteiger partial charge in [-0.1, -0.05) is 6.07 Å². The molecule has 3 aromatic rings. The first-order chi connectivity index (χ1) is 16.3. The first-order valence-electron chi connectivity index (χ1n) is 10.8. The molecule has 2 aromatic heterocycles. The highest BCUT2D eigenvalue weighted by Gasteiger charge is 2.33. The molecule has 0 bridgehead atoms. The number of carbonyl (C=O) groups excluding carboxylic acids is 1. The summed E-state index contributed by atoms with van der Waals surface area (Å²) in [6.07, 6.45) is 4.39.